The van der Waals surface area contributed by atoms with E-state index in [2.05, 4.69) is 20.9 Å². The molecule has 0 saturated heterocycles. The minimum atomic E-state index is -0.226. The number of guanidine groups is 1. The van der Waals surface area contributed by atoms with Crippen molar-refractivity contribution >= 4 is 35.8 Å². The molecule has 1 heterocycles. The summed E-state index contributed by atoms with van der Waals surface area (Å²) in [6, 6.07) is 8.26. The van der Waals surface area contributed by atoms with Crippen LogP contribution < -0.4 is 16.0 Å². The number of hydrogen-bond donors (Lipinski definition) is 3. The van der Waals surface area contributed by atoms with Crippen molar-refractivity contribution in [2.45, 2.75) is 26.7 Å². The van der Waals surface area contributed by atoms with Crippen LogP contribution in [0.25, 0.3) is 0 Å². The van der Waals surface area contributed by atoms with Gasteiger partial charge in [-0.15, -0.1) is 24.0 Å². The van der Waals surface area contributed by atoms with Crippen molar-refractivity contribution in [3.8, 4) is 0 Å². The molecule has 0 atom stereocenters. The van der Waals surface area contributed by atoms with E-state index in [1.165, 1.54) is 18.4 Å². The third-order valence-corrected chi connectivity index (χ3v) is 3.92. The summed E-state index contributed by atoms with van der Waals surface area (Å²) in [5.74, 6) is 0.656. The second kappa shape index (κ2) is 13.1. The second-order valence-electron chi connectivity index (χ2n) is 6.11. The highest BCUT2D eigenvalue weighted by Gasteiger charge is 2.11. The average molecular weight is 502 g/mol. The Morgan fingerprint density at radius 3 is 2.50 bits per heavy atom. The summed E-state index contributed by atoms with van der Waals surface area (Å²) in [4.78, 5) is 16.4. The second-order valence-corrected chi connectivity index (χ2v) is 6.11. The number of benzene rings is 1. The minimum absolute atomic E-state index is 0. The Morgan fingerprint density at radius 2 is 1.86 bits per heavy atom. The zero-order valence-corrected chi connectivity index (χ0v) is 18.6. The maximum absolute atomic E-state index is 12.9. The molecule has 6 nitrogen and oxygen atoms in total. The molecule has 154 valence electrons. The molecule has 0 saturated carbocycles. The van der Waals surface area contributed by atoms with E-state index in [4.69, 9.17) is 4.42 Å². The molecule has 0 unspecified atom stereocenters. The standard InChI is InChI=1S/C20H27FN4O2.HI/c1-3-22-20(25-13-9-16-5-7-17(21)8-6-16)24-12-4-11-23-19(26)18-15(2)10-14-27-18;/h5-8,10,14H,3-4,9,11-13H2,1-2H3,(H,23,26)(H2,22,24,25);1H. The van der Waals surface area contributed by atoms with Gasteiger partial charge < -0.3 is 20.4 Å². The summed E-state index contributed by atoms with van der Waals surface area (Å²) in [6.07, 6.45) is 3.01. The number of amides is 1. The Bertz CT molecular complexity index is 747. The zero-order chi connectivity index (χ0) is 19.5. The van der Waals surface area contributed by atoms with E-state index in [0.29, 0.717) is 25.4 Å². The topological polar surface area (TPSA) is 78.7 Å². The monoisotopic (exact) mass is 502 g/mol. The van der Waals surface area contributed by atoms with Crippen molar-refractivity contribution < 1.29 is 13.6 Å². The van der Waals surface area contributed by atoms with Gasteiger partial charge in [0.25, 0.3) is 5.91 Å². The van der Waals surface area contributed by atoms with Gasteiger partial charge in [-0.2, -0.15) is 0 Å². The van der Waals surface area contributed by atoms with E-state index >= 15 is 0 Å². The highest BCUT2D eigenvalue weighted by atomic mass is 127. The number of nitrogens with one attached hydrogen (secondary N) is 3. The van der Waals surface area contributed by atoms with Crippen molar-refractivity contribution in [2.75, 3.05) is 26.2 Å². The summed E-state index contributed by atoms with van der Waals surface area (Å²) in [5, 5.41) is 9.27. The molecule has 1 aromatic heterocycles. The van der Waals surface area contributed by atoms with Gasteiger partial charge in [-0.3, -0.25) is 9.79 Å². The smallest absolute Gasteiger partial charge is 0.287 e. The lowest BCUT2D eigenvalue weighted by Crippen LogP contribution is -2.38. The first-order valence-corrected chi connectivity index (χ1v) is 9.19. The third kappa shape index (κ3) is 8.28. The normalized spacial score (nSPS) is 10.9. The number of nitrogens with zero attached hydrogens (tertiary/aromatic N) is 1. The van der Waals surface area contributed by atoms with E-state index in [9.17, 15) is 9.18 Å². The molecule has 2 aromatic rings. The van der Waals surface area contributed by atoms with Gasteiger partial charge in [-0.25, -0.2) is 4.39 Å². The summed E-state index contributed by atoms with van der Waals surface area (Å²) in [5.41, 5.74) is 1.89. The molecular weight excluding hydrogens is 474 g/mol. The predicted molar refractivity (Wildman–Crippen MR) is 120 cm³/mol. The van der Waals surface area contributed by atoms with Gasteiger partial charge >= 0.3 is 0 Å². The molecule has 0 fully saturated rings. The minimum Gasteiger partial charge on any atom is -0.459 e. The van der Waals surface area contributed by atoms with Crippen LogP contribution in [-0.4, -0.2) is 38.0 Å². The molecule has 0 aliphatic rings. The molecule has 0 spiro atoms. The van der Waals surface area contributed by atoms with Gasteiger partial charge in [-0.05, 0) is 50.5 Å². The van der Waals surface area contributed by atoms with Crippen molar-refractivity contribution in [1.82, 2.24) is 16.0 Å². The number of carbonyl (C=O) groups excluding carboxylic acids is 1. The number of hydrogen-bond acceptors (Lipinski definition) is 3. The maximum atomic E-state index is 12.9. The number of aryl methyl sites for hydroxylation is 1. The van der Waals surface area contributed by atoms with E-state index in [1.807, 2.05) is 13.8 Å². The molecule has 8 heteroatoms. The average Bonchev–Trinajstić information content (AvgIpc) is 3.09. The molecule has 1 aromatic carbocycles. The quantitative estimate of drug-likeness (QED) is 0.213. The maximum Gasteiger partial charge on any atom is 0.287 e. The molecule has 0 bridgehead atoms. The molecule has 0 aliphatic heterocycles. The van der Waals surface area contributed by atoms with Gasteiger partial charge in [0.2, 0.25) is 0 Å². The van der Waals surface area contributed by atoms with Gasteiger partial charge in [0.1, 0.15) is 5.82 Å². The molecule has 0 radical (unpaired) electrons. The summed E-state index contributed by atoms with van der Waals surface area (Å²) in [7, 11) is 0. The van der Waals surface area contributed by atoms with Gasteiger partial charge in [0.15, 0.2) is 11.7 Å². The fraction of sp³-hybridized carbons (Fsp3) is 0.400. The van der Waals surface area contributed by atoms with Crippen molar-refractivity contribution in [3.05, 3.63) is 59.3 Å². The lowest BCUT2D eigenvalue weighted by molar-refractivity contribution is 0.0925. The number of carbonyl (C=O) groups is 1. The molecule has 2 rings (SSSR count). The van der Waals surface area contributed by atoms with Crippen molar-refractivity contribution in [3.63, 3.8) is 0 Å². The number of furan rings is 1. The zero-order valence-electron chi connectivity index (χ0n) is 16.3. The first kappa shape index (κ1) is 23.9. The van der Waals surface area contributed by atoms with Gasteiger partial charge in [0.05, 0.1) is 6.26 Å². The first-order valence-electron chi connectivity index (χ1n) is 9.19. The van der Waals surface area contributed by atoms with Crippen molar-refractivity contribution in [2.24, 2.45) is 4.99 Å². The summed E-state index contributed by atoms with van der Waals surface area (Å²) >= 11 is 0. The van der Waals surface area contributed by atoms with Crippen LogP contribution in [-0.2, 0) is 6.42 Å². The number of rotatable bonds is 9. The molecule has 1 amide bonds. The Labute approximate surface area is 182 Å². The molecule has 0 aliphatic carbocycles. The van der Waals surface area contributed by atoms with Crippen LogP contribution in [0.4, 0.5) is 4.39 Å². The van der Waals surface area contributed by atoms with E-state index in [1.54, 1.807) is 18.2 Å². The van der Waals surface area contributed by atoms with E-state index in [-0.39, 0.29) is 35.7 Å². The summed E-state index contributed by atoms with van der Waals surface area (Å²) < 4.78 is 18.1. The van der Waals surface area contributed by atoms with Crippen molar-refractivity contribution in [1.29, 1.82) is 0 Å². The van der Waals surface area contributed by atoms with Crippen LogP contribution in [0, 0.1) is 12.7 Å². The Kier molecular flexibility index (Phi) is 11.2. The van der Waals surface area contributed by atoms with Crippen LogP contribution in [0.2, 0.25) is 0 Å². The Hall–Kier alpha value is -2.10. The molecule has 28 heavy (non-hydrogen) atoms. The highest BCUT2D eigenvalue weighted by Crippen LogP contribution is 2.07. The number of halogens is 2. The third-order valence-electron chi connectivity index (χ3n) is 3.92. The fourth-order valence-corrected chi connectivity index (χ4v) is 2.48. The van der Waals surface area contributed by atoms with Gasteiger partial charge in [0, 0.05) is 31.7 Å². The summed E-state index contributed by atoms with van der Waals surface area (Å²) in [6.45, 7) is 6.41. The van der Waals surface area contributed by atoms with E-state index < -0.39 is 0 Å². The number of aliphatic imine (C=N–C) groups is 1. The van der Waals surface area contributed by atoms with Crippen LogP contribution in [0.15, 0.2) is 46.0 Å². The Balaban J connectivity index is 0.00000392. The van der Waals surface area contributed by atoms with Gasteiger partial charge in [-0.1, -0.05) is 12.1 Å². The SMILES string of the molecule is CCNC(=NCCCNC(=O)c1occc1C)NCCc1ccc(F)cc1.I. The lowest BCUT2D eigenvalue weighted by atomic mass is 10.1. The lowest BCUT2D eigenvalue weighted by Gasteiger charge is -2.11. The predicted octanol–water partition coefficient (Wildman–Crippen LogP) is 3.26. The highest BCUT2D eigenvalue weighted by molar-refractivity contribution is 14.0. The van der Waals surface area contributed by atoms with Crippen LogP contribution >= 0.6 is 24.0 Å². The Morgan fingerprint density at radius 1 is 1.11 bits per heavy atom. The molecule has 3 N–H and O–H groups in total. The van der Waals surface area contributed by atoms with Crippen LogP contribution in [0.1, 0.15) is 35.0 Å². The first-order chi connectivity index (χ1) is 13.1. The fourth-order valence-electron chi connectivity index (χ4n) is 2.48. The largest absolute Gasteiger partial charge is 0.459 e. The molecular formula is C20H28FIN4O2. The van der Waals surface area contributed by atoms with Crippen LogP contribution in [0.3, 0.4) is 0 Å². The van der Waals surface area contributed by atoms with E-state index in [0.717, 1.165) is 36.5 Å². The van der Waals surface area contributed by atoms with Crippen LogP contribution in [0.5, 0.6) is 0 Å².